The molecule has 110 valence electrons. The fraction of sp³-hybridized carbons (Fsp3) is 0.0667. The van der Waals surface area contributed by atoms with Gasteiger partial charge in [0, 0.05) is 22.4 Å². The van der Waals surface area contributed by atoms with Crippen LogP contribution in [0.2, 0.25) is 5.02 Å². The number of rotatable bonds is 3. The third-order valence-corrected chi connectivity index (χ3v) is 4.83. The first-order chi connectivity index (χ1) is 10.7. The summed E-state index contributed by atoms with van der Waals surface area (Å²) in [7, 11) is 0. The van der Waals surface area contributed by atoms with Gasteiger partial charge < -0.3 is 4.55 Å². The van der Waals surface area contributed by atoms with Gasteiger partial charge in [-0.2, -0.15) is 4.98 Å². The van der Waals surface area contributed by atoms with Crippen molar-refractivity contribution in [2.75, 3.05) is 0 Å². The summed E-state index contributed by atoms with van der Waals surface area (Å²) in [6.07, 6.45) is 3.65. The van der Waals surface area contributed by atoms with Gasteiger partial charge in [0.1, 0.15) is 5.65 Å². The average Bonchev–Trinajstić information content (AvgIpc) is 3.11. The highest BCUT2D eigenvalue weighted by Gasteiger charge is 2.19. The van der Waals surface area contributed by atoms with Gasteiger partial charge in [-0.3, -0.25) is 9.38 Å². The van der Waals surface area contributed by atoms with Crippen molar-refractivity contribution in [1.82, 2.24) is 19.4 Å². The zero-order valence-corrected chi connectivity index (χ0v) is 12.9. The van der Waals surface area contributed by atoms with Gasteiger partial charge in [-0.1, -0.05) is 17.7 Å². The molecule has 0 amide bonds. The second-order valence-electron chi connectivity index (χ2n) is 4.87. The summed E-state index contributed by atoms with van der Waals surface area (Å²) in [5, 5.41) is 1.06. The Morgan fingerprint density at radius 3 is 3.09 bits per heavy atom. The molecule has 0 bridgehead atoms. The Morgan fingerprint density at radius 1 is 1.27 bits per heavy atom. The monoisotopic (exact) mass is 330 g/mol. The first-order valence-electron chi connectivity index (χ1n) is 6.65. The molecule has 4 aromatic rings. The van der Waals surface area contributed by atoms with Crippen molar-refractivity contribution in [2.24, 2.45) is 0 Å². The second kappa shape index (κ2) is 5.31. The fourth-order valence-corrected chi connectivity index (χ4v) is 3.57. The minimum atomic E-state index is -1.28. The van der Waals surface area contributed by atoms with E-state index in [9.17, 15) is 4.55 Å². The lowest BCUT2D eigenvalue weighted by Gasteiger charge is -2.06. The Labute approximate surface area is 134 Å². The van der Waals surface area contributed by atoms with Crippen molar-refractivity contribution in [3.05, 3.63) is 59.5 Å². The van der Waals surface area contributed by atoms with Gasteiger partial charge in [-0.25, -0.2) is 4.98 Å². The molecule has 0 saturated heterocycles. The fourth-order valence-electron chi connectivity index (χ4n) is 2.36. The van der Waals surface area contributed by atoms with Crippen LogP contribution in [0.1, 0.15) is 5.69 Å². The van der Waals surface area contributed by atoms with Crippen LogP contribution in [0.3, 0.4) is 0 Å². The lowest BCUT2D eigenvalue weighted by molar-refractivity contribution is 0.586. The van der Waals surface area contributed by atoms with Crippen LogP contribution in [-0.4, -0.2) is 23.9 Å². The van der Waals surface area contributed by atoms with E-state index in [1.165, 1.54) is 0 Å². The summed E-state index contributed by atoms with van der Waals surface area (Å²) in [4.78, 5) is 11.7. The molecule has 5 nitrogen and oxygen atoms in total. The normalized spacial score (nSPS) is 13.0. The standard InChI is InChI=1S/C15H11ClN4OS/c16-10-4-5-12-13(7-10)19-15(18-12)22(21)9-11-8-17-14-3-1-2-6-20(11)14/h1-8H,9H2,(H,18,19). The van der Waals surface area contributed by atoms with Crippen molar-refractivity contribution in [3.8, 4) is 0 Å². The van der Waals surface area contributed by atoms with Gasteiger partial charge in [-0.15, -0.1) is 0 Å². The van der Waals surface area contributed by atoms with Crippen LogP contribution in [0, 0.1) is 0 Å². The van der Waals surface area contributed by atoms with E-state index >= 15 is 0 Å². The lowest BCUT2D eigenvalue weighted by Crippen LogP contribution is -2.08. The molecule has 22 heavy (non-hydrogen) atoms. The molecule has 1 atom stereocenters. The number of imidazole rings is 2. The van der Waals surface area contributed by atoms with Crippen LogP contribution in [0.25, 0.3) is 16.7 Å². The first-order valence-corrected chi connectivity index (χ1v) is 8.35. The number of aromatic amines is 1. The van der Waals surface area contributed by atoms with E-state index in [2.05, 4.69) is 15.0 Å². The van der Waals surface area contributed by atoms with Gasteiger partial charge >= 0.3 is 5.16 Å². The zero-order chi connectivity index (χ0) is 15.1. The molecule has 0 spiro atoms. The van der Waals surface area contributed by atoms with Crippen molar-refractivity contribution >= 4 is 39.5 Å². The van der Waals surface area contributed by atoms with Crippen LogP contribution in [0.5, 0.6) is 0 Å². The molecule has 1 N–H and O–H groups in total. The quantitative estimate of drug-likeness (QED) is 0.587. The smallest absolute Gasteiger partial charge is 0.322 e. The SMILES string of the molecule is [O-][S+](Cc1cnc2ccccn12)c1nc2cc(Cl)ccc2[nH]1. The van der Waals surface area contributed by atoms with E-state index in [-0.39, 0.29) is 0 Å². The number of hydrogen-bond acceptors (Lipinski definition) is 3. The Bertz CT molecular complexity index is 964. The predicted molar refractivity (Wildman–Crippen MR) is 86.4 cm³/mol. The Balaban J connectivity index is 1.66. The highest BCUT2D eigenvalue weighted by Crippen LogP contribution is 2.21. The minimum Gasteiger partial charge on any atom is -0.609 e. The Morgan fingerprint density at radius 2 is 2.18 bits per heavy atom. The van der Waals surface area contributed by atoms with Crippen LogP contribution < -0.4 is 0 Å². The molecule has 3 aromatic heterocycles. The number of hydrogen-bond donors (Lipinski definition) is 1. The number of benzene rings is 1. The number of halogens is 1. The summed E-state index contributed by atoms with van der Waals surface area (Å²) in [5.74, 6) is 0.346. The molecule has 7 heteroatoms. The van der Waals surface area contributed by atoms with E-state index in [4.69, 9.17) is 11.6 Å². The number of H-pyrrole nitrogens is 1. The summed E-state index contributed by atoms with van der Waals surface area (Å²) in [6, 6.07) is 11.1. The number of pyridine rings is 1. The number of fused-ring (bicyclic) bond motifs is 2. The van der Waals surface area contributed by atoms with Crippen molar-refractivity contribution in [2.45, 2.75) is 10.9 Å². The maximum atomic E-state index is 12.6. The van der Waals surface area contributed by atoms with E-state index in [1.54, 1.807) is 18.3 Å². The summed E-state index contributed by atoms with van der Waals surface area (Å²) in [5.41, 5.74) is 3.26. The van der Waals surface area contributed by atoms with Gasteiger partial charge in [-0.05, 0) is 30.3 Å². The number of nitrogens with zero attached hydrogens (tertiary/aromatic N) is 3. The van der Waals surface area contributed by atoms with Crippen LogP contribution >= 0.6 is 11.6 Å². The van der Waals surface area contributed by atoms with Crippen LogP contribution in [0.15, 0.2) is 53.9 Å². The van der Waals surface area contributed by atoms with E-state index in [1.807, 2.05) is 34.9 Å². The highest BCUT2D eigenvalue weighted by molar-refractivity contribution is 7.90. The number of nitrogens with one attached hydrogen (secondary N) is 1. The van der Waals surface area contributed by atoms with Crippen molar-refractivity contribution in [1.29, 1.82) is 0 Å². The zero-order valence-electron chi connectivity index (χ0n) is 11.4. The lowest BCUT2D eigenvalue weighted by atomic mass is 10.3. The third-order valence-electron chi connectivity index (χ3n) is 3.41. The molecule has 0 radical (unpaired) electrons. The molecule has 0 fully saturated rings. The molecule has 1 aromatic carbocycles. The van der Waals surface area contributed by atoms with Gasteiger partial charge in [0.05, 0.1) is 22.9 Å². The Kier molecular flexibility index (Phi) is 3.29. The third kappa shape index (κ3) is 2.35. The molecule has 0 aliphatic rings. The summed E-state index contributed by atoms with van der Waals surface area (Å²) in [6.45, 7) is 0. The molecule has 0 saturated carbocycles. The molecule has 1 unspecified atom stereocenters. The molecular weight excluding hydrogens is 320 g/mol. The van der Waals surface area contributed by atoms with Crippen molar-refractivity contribution < 1.29 is 4.55 Å². The van der Waals surface area contributed by atoms with E-state index < -0.39 is 11.2 Å². The molecule has 4 rings (SSSR count). The minimum absolute atomic E-state index is 0.346. The van der Waals surface area contributed by atoms with E-state index in [0.29, 0.717) is 21.4 Å². The predicted octanol–water partition coefficient (Wildman–Crippen LogP) is 3.17. The maximum Gasteiger partial charge on any atom is 0.322 e. The van der Waals surface area contributed by atoms with Crippen LogP contribution in [-0.2, 0) is 16.9 Å². The molecule has 3 heterocycles. The second-order valence-corrected chi connectivity index (χ2v) is 6.67. The van der Waals surface area contributed by atoms with Crippen molar-refractivity contribution in [3.63, 3.8) is 0 Å². The topological polar surface area (TPSA) is 69.0 Å². The largest absolute Gasteiger partial charge is 0.609 e. The molecular formula is C15H11ClN4OS. The van der Waals surface area contributed by atoms with Gasteiger partial charge in [0.2, 0.25) is 0 Å². The Hall–Kier alpha value is -2.02. The highest BCUT2D eigenvalue weighted by atomic mass is 35.5. The maximum absolute atomic E-state index is 12.6. The summed E-state index contributed by atoms with van der Waals surface area (Å²) < 4.78 is 14.5. The molecule has 0 aliphatic heterocycles. The van der Waals surface area contributed by atoms with Gasteiger partial charge in [0.15, 0.2) is 5.75 Å². The summed E-state index contributed by atoms with van der Waals surface area (Å²) >= 11 is 4.67. The average molecular weight is 331 g/mol. The first kappa shape index (κ1) is 13.6. The number of aromatic nitrogens is 4. The molecule has 0 aliphatic carbocycles. The van der Waals surface area contributed by atoms with Crippen LogP contribution in [0.4, 0.5) is 0 Å². The van der Waals surface area contributed by atoms with Gasteiger partial charge in [0.25, 0.3) is 0 Å². The van der Waals surface area contributed by atoms with E-state index in [0.717, 1.165) is 16.9 Å².